The minimum atomic E-state index is -0.778. The lowest BCUT2D eigenvalue weighted by Gasteiger charge is -2.40. The van der Waals surface area contributed by atoms with Gasteiger partial charge in [-0.15, -0.1) is 0 Å². The monoisotopic (exact) mass is 802 g/mol. The molecule has 2 saturated heterocycles. The average molecular weight is 803 g/mol. The molecule has 0 saturated carbocycles. The number of nitrogens with two attached hydrogens (primary N) is 2. The molecule has 3 heterocycles. The summed E-state index contributed by atoms with van der Waals surface area (Å²) >= 11 is 0. The molecule has 59 heavy (non-hydrogen) atoms. The SMILES string of the molecule is CC(C)(C)[C@H](N)C(=O)N1CC(c2ccc3c(c2)CN(C(=O)[C@@H](N)C2CCOCC2)[C@H](C(=O)NC2CCCc4ccccc42)C3)C[C@H]1C(=O)NC1CCCc2ccccc21. The normalized spacial score (nSPS) is 25.5. The number of ether oxygens (including phenoxy) is 1. The van der Waals surface area contributed by atoms with E-state index in [-0.39, 0.29) is 54.1 Å². The van der Waals surface area contributed by atoms with E-state index < -0.39 is 29.6 Å². The third-order valence-corrected chi connectivity index (χ3v) is 13.9. The number of fused-ring (bicyclic) bond motifs is 3. The van der Waals surface area contributed by atoms with Gasteiger partial charge in [0, 0.05) is 38.6 Å². The van der Waals surface area contributed by atoms with E-state index in [1.54, 1.807) is 9.80 Å². The number of benzene rings is 3. The smallest absolute Gasteiger partial charge is 0.243 e. The molecule has 2 fully saturated rings. The van der Waals surface area contributed by atoms with E-state index in [0.717, 1.165) is 66.3 Å². The Bertz CT molecular complexity index is 2060. The molecule has 8 rings (SSSR count). The first-order valence-corrected chi connectivity index (χ1v) is 21.9. The summed E-state index contributed by atoms with van der Waals surface area (Å²) in [6.45, 7) is 7.57. The van der Waals surface area contributed by atoms with Gasteiger partial charge in [0.1, 0.15) is 12.1 Å². The van der Waals surface area contributed by atoms with Gasteiger partial charge in [-0.25, -0.2) is 0 Å². The van der Waals surface area contributed by atoms with Gasteiger partial charge in [0.2, 0.25) is 23.6 Å². The molecular weight excluding hydrogens is 741 g/mol. The number of nitrogens with one attached hydrogen (secondary N) is 2. The van der Waals surface area contributed by atoms with Crippen molar-refractivity contribution in [2.24, 2.45) is 22.8 Å². The summed E-state index contributed by atoms with van der Waals surface area (Å²) in [5, 5.41) is 6.67. The van der Waals surface area contributed by atoms with Gasteiger partial charge in [0.15, 0.2) is 0 Å². The molecule has 314 valence electrons. The third kappa shape index (κ3) is 8.56. The molecule has 3 aromatic carbocycles. The largest absolute Gasteiger partial charge is 0.381 e. The molecule has 4 amide bonds. The highest BCUT2D eigenvalue weighted by Crippen LogP contribution is 2.38. The van der Waals surface area contributed by atoms with Crippen LogP contribution < -0.4 is 22.1 Å². The molecule has 0 aromatic heterocycles. The molecule has 0 bridgehead atoms. The Morgan fingerprint density at radius 1 is 0.712 bits per heavy atom. The minimum absolute atomic E-state index is 0.0236. The summed E-state index contributed by atoms with van der Waals surface area (Å²) in [7, 11) is 0. The van der Waals surface area contributed by atoms with E-state index in [4.69, 9.17) is 16.2 Å². The van der Waals surface area contributed by atoms with E-state index in [0.29, 0.717) is 45.4 Å². The van der Waals surface area contributed by atoms with Crippen LogP contribution in [-0.4, -0.2) is 77.4 Å². The lowest BCUT2D eigenvalue weighted by Crippen LogP contribution is -2.58. The van der Waals surface area contributed by atoms with E-state index in [2.05, 4.69) is 53.1 Å². The fraction of sp³-hybridized carbons (Fsp3) is 0.542. The van der Waals surface area contributed by atoms with Crippen molar-refractivity contribution in [2.75, 3.05) is 19.8 Å². The van der Waals surface area contributed by atoms with Crippen molar-refractivity contribution in [1.29, 1.82) is 0 Å². The molecule has 3 aromatic rings. The Morgan fingerprint density at radius 2 is 1.31 bits per heavy atom. The summed E-state index contributed by atoms with van der Waals surface area (Å²) in [5.41, 5.74) is 20.6. The maximum Gasteiger partial charge on any atom is 0.243 e. The zero-order valence-corrected chi connectivity index (χ0v) is 35.0. The standard InChI is InChI=1S/C48H62N6O5/c1-48(2,3)43(50)47(58)54-28-35(26-41(54)45(56)52-39-17-9-13-30-11-5-7-15-37(30)39)32-18-19-33-25-40(44(55)51-38-16-8-12-29-10-4-6-14-36(29)38)53(27-34(33)24-32)46(57)42(49)31-20-22-59-23-21-31/h4-7,10-11,14-15,18-19,24,31,35,38-43H,8-9,12-13,16-17,20-23,25-28,49-50H2,1-3H3,(H,51,55)(H,52,56)/t35?,38?,39?,40-,41-,42-,43+/m0/s1. The van der Waals surface area contributed by atoms with Gasteiger partial charge >= 0.3 is 0 Å². The number of carbonyl (C=O) groups is 4. The van der Waals surface area contributed by atoms with Crippen molar-refractivity contribution >= 4 is 23.6 Å². The summed E-state index contributed by atoms with van der Waals surface area (Å²) < 4.78 is 5.58. The summed E-state index contributed by atoms with van der Waals surface area (Å²) in [6, 6.07) is 19.7. The Hall–Kier alpha value is -4.58. The van der Waals surface area contributed by atoms with E-state index in [1.807, 2.05) is 45.0 Å². The molecule has 5 aliphatic rings. The van der Waals surface area contributed by atoms with Gasteiger partial charge in [-0.3, -0.25) is 19.2 Å². The second-order valence-electron chi connectivity index (χ2n) is 18.8. The maximum atomic E-state index is 14.5. The summed E-state index contributed by atoms with van der Waals surface area (Å²) in [6.07, 6.45) is 7.87. The number of likely N-dealkylation sites (tertiary alicyclic amines) is 1. The number of rotatable bonds is 8. The van der Waals surface area contributed by atoms with Crippen LogP contribution in [0.4, 0.5) is 0 Å². The average Bonchev–Trinajstić information content (AvgIpc) is 3.71. The lowest BCUT2D eigenvalue weighted by molar-refractivity contribution is -0.144. The van der Waals surface area contributed by atoms with Gasteiger partial charge in [0.05, 0.1) is 24.2 Å². The van der Waals surface area contributed by atoms with Gasteiger partial charge in [-0.05, 0) is 108 Å². The van der Waals surface area contributed by atoms with Crippen LogP contribution in [0.2, 0.25) is 0 Å². The number of carbonyl (C=O) groups excluding carboxylic acids is 4. The molecular formula is C48H62N6O5. The Morgan fingerprint density at radius 3 is 1.92 bits per heavy atom. The molecule has 7 atom stereocenters. The highest BCUT2D eigenvalue weighted by Gasteiger charge is 2.45. The van der Waals surface area contributed by atoms with Crippen LogP contribution in [0.5, 0.6) is 0 Å². The number of nitrogens with zero attached hydrogens (tertiary/aromatic N) is 2. The molecule has 11 nitrogen and oxygen atoms in total. The van der Waals surface area contributed by atoms with Crippen LogP contribution in [0, 0.1) is 11.3 Å². The number of hydrogen-bond donors (Lipinski definition) is 4. The van der Waals surface area contributed by atoms with Crippen molar-refractivity contribution < 1.29 is 23.9 Å². The Kier molecular flexibility index (Phi) is 12.0. The molecule has 3 unspecified atom stereocenters. The number of amides is 4. The van der Waals surface area contributed by atoms with Gasteiger partial charge < -0.3 is 36.6 Å². The molecule has 11 heteroatoms. The van der Waals surface area contributed by atoms with Gasteiger partial charge in [0.25, 0.3) is 0 Å². The van der Waals surface area contributed by atoms with Crippen molar-refractivity contribution in [3.05, 3.63) is 106 Å². The van der Waals surface area contributed by atoms with Crippen molar-refractivity contribution in [1.82, 2.24) is 20.4 Å². The van der Waals surface area contributed by atoms with Crippen molar-refractivity contribution in [3.63, 3.8) is 0 Å². The minimum Gasteiger partial charge on any atom is -0.381 e. The van der Waals surface area contributed by atoms with Crippen LogP contribution in [0.1, 0.15) is 123 Å². The van der Waals surface area contributed by atoms with E-state index in [1.165, 1.54) is 11.1 Å². The zero-order chi connectivity index (χ0) is 41.4. The van der Waals surface area contributed by atoms with E-state index >= 15 is 0 Å². The highest BCUT2D eigenvalue weighted by molar-refractivity contribution is 5.92. The van der Waals surface area contributed by atoms with Crippen molar-refractivity contribution in [3.8, 4) is 0 Å². The first kappa shape index (κ1) is 41.2. The molecule has 2 aliphatic carbocycles. The molecule has 6 N–H and O–H groups in total. The summed E-state index contributed by atoms with van der Waals surface area (Å²) in [5.74, 6) is -0.919. The van der Waals surface area contributed by atoms with Gasteiger partial charge in [-0.2, -0.15) is 0 Å². The maximum absolute atomic E-state index is 14.5. The van der Waals surface area contributed by atoms with Gasteiger partial charge in [-0.1, -0.05) is 87.5 Å². The zero-order valence-electron chi connectivity index (χ0n) is 35.0. The molecule has 0 radical (unpaired) electrons. The van der Waals surface area contributed by atoms with Crippen molar-refractivity contribution in [2.45, 2.75) is 134 Å². The Balaban J connectivity index is 1.06. The first-order valence-electron chi connectivity index (χ1n) is 21.9. The second kappa shape index (κ2) is 17.2. The predicted molar refractivity (Wildman–Crippen MR) is 227 cm³/mol. The Labute approximate surface area is 349 Å². The summed E-state index contributed by atoms with van der Waals surface area (Å²) in [4.78, 5) is 60.7. The first-order chi connectivity index (χ1) is 28.4. The third-order valence-electron chi connectivity index (χ3n) is 13.9. The fourth-order valence-corrected chi connectivity index (χ4v) is 10.3. The van der Waals surface area contributed by atoms with Crippen LogP contribution in [0.3, 0.4) is 0 Å². The number of hydrogen-bond acceptors (Lipinski definition) is 7. The highest BCUT2D eigenvalue weighted by atomic mass is 16.5. The molecule has 3 aliphatic heterocycles. The van der Waals surface area contributed by atoms with Crippen LogP contribution in [-0.2, 0) is 49.7 Å². The predicted octanol–water partition coefficient (Wildman–Crippen LogP) is 5.14. The van der Waals surface area contributed by atoms with Crippen LogP contribution >= 0.6 is 0 Å². The topological polar surface area (TPSA) is 160 Å². The second-order valence-corrected chi connectivity index (χ2v) is 18.8. The quantitative estimate of drug-likeness (QED) is 0.246. The van der Waals surface area contributed by atoms with Crippen LogP contribution in [0.25, 0.3) is 0 Å². The lowest BCUT2D eigenvalue weighted by atomic mass is 9.85. The van der Waals surface area contributed by atoms with E-state index in [9.17, 15) is 19.2 Å². The van der Waals surface area contributed by atoms with Crippen LogP contribution in [0.15, 0.2) is 66.7 Å². The fourth-order valence-electron chi connectivity index (χ4n) is 10.3. The molecule has 0 spiro atoms. The number of aryl methyl sites for hydroxylation is 2.